The fourth-order valence-corrected chi connectivity index (χ4v) is 3.06. The molecule has 0 spiro atoms. The van der Waals surface area contributed by atoms with Gasteiger partial charge >= 0.3 is 0 Å². The standard InChI is InChI=1S/C18H17FN4O2/c19-15-3-1-2-13(8-15)11-21(16-6-7-16)12-22-18-9-17(23(24)25)5-4-14(18)10-20-22/h1-5,8-10,16H,6-7,11-12H2. The van der Waals surface area contributed by atoms with Crippen molar-refractivity contribution in [1.82, 2.24) is 14.7 Å². The quantitative estimate of drug-likeness (QED) is 0.507. The molecule has 0 radical (unpaired) electrons. The number of halogens is 1. The first-order valence-electron chi connectivity index (χ1n) is 8.18. The lowest BCUT2D eigenvalue weighted by Crippen LogP contribution is -2.28. The van der Waals surface area contributed by atoms with E-state index in [9.17, 15) is 14.5 Å². The molecular weight excluding hydrogens is 323 g/mol. The Balaban J connectivity index is 1.61. The Hall–Kier alpha value is -2.80. The highest BCUT2D eigenvalue weighted by Crippen LogP contribution is 2.30. The number of non-ortho nitro benzene ring substituents is 1. The minimum Gasteiger partial charge on any atom is -0.277 e. The number of rotatable bonds is 6. The molecule has 1 aliphatic carbocycles. The fourth-order valence-electron chi connectivity index (χ4n) is 3.06. The largest absolute Gasteiger partial charge is 0.277 e. The molecule has 25 heavy (non-hydrogen) atoms. The number of fused-ring (bicyclic) bond motifs is 1. The SMILES string of the molecule is O=[N+]([O-])c1ccc2cnn(CN(Cc3cccc(F)c3)C3CC3)c2c1. The van der Waals surface area contributed by atoms with Crippen LogP contribution in [-0.4, -0.2) is 25.6 Å². The third-order valence-corrected chi connectivity index (χ3v) is 4.49. The van der Waals surface area contributed by atoms with Crippen molar-refractivity contribution in [3.05, 3.63) is 70.2 Å². The average molecular weight is 340 g/mol. The maximum atomic E-state index is 13.4. The number of hydrogen-bond donors (Lipinski definition) is 0. The molecule has 1 fully saturated rings. The van der Waals surface area contributed by atoms with Crippen molar-refractivity contribution >= 4 is 16.6 Å². The summed E-state index contributed by atoms with van der Waals surface area (Å²) in [5.41, 5.74) is 1.70. The summed E-state index contributed by atoms with van der Waals surface area (Å²) < 4.78 is 15.2. The van der Waals surface area contributed by atoms with Gasteiger partial charge in [0.1, 0.15) is 5.82 Å². The van der Waals surface area contributed by atoms with Gasteiger partial charge in [0.2, 0.25) is 0 Å². The first-order valence-corrected chi connectivity index (χ1v) is 8.18. The molecule has 0 aliphatic heterocycles. The molecule has 7 heteroatoms. The number of nitro groups is 1. The molecule has 128 valence electrons. The van der Waals surface area contributed by atoms with Gasteiger partial charge in [-0.2, -0.15) is 5.10 Å². The average Bonchev–Trinajstić information content (AvgIpc) is 3.36. The zero-order valence-corrected chi connectivity index (χ0v) is 13.5. The van der Waals surface area contributed by atoms with Gasteiger partial charge in [0.25, 0.3) is 5.69 Å². The summed E-state index contributed by atoms with van der Waals surface area (Å²) in [7, 11) is 0. The van der Waals surface area contributed by atoms with Gasteiger partial charge in [-0.25, -0.2) is 4.39 Å². The zero-order chi connectivity index (χ0) is 17.4. The van der Waals surface area contributed by atoms with Crippen LogP contribution in [0.2, 0.25) is 0 Å². The van der Waals surface area contributed by atoms with Crippen molar-refractivity contribution < 1.29 is 9.31 Å². The molecule has 0 unspecified atom stereocenters. The van der Waals surface area contributed by atoms with E-state index in [2.05, 4.69) is 10.00 Å². The monoisotopic (exact) mass is 340 g/mol. The summed E-state index contributed by atoms with van der Waals surface area (Å²) in [6.07, 6.45) is 3.93. The van der Waals surface area contributed by atoms with E-state index >= 15 is 0 Å². The van der Waals surface area contributed by atoms with Crippen molar-refractivity contribution in [2.75, 3.05) is 0 Å². The maximum Gasteiger partial charge on any atom is 0.271 e. The van der Waals surface area contributed by atoms with Crippen LogP contribution in [0.4, 0.5) is 10.1 Å². The molecule has 1 heterocycles. The number of aromatic nitrogens is 2. The molecule has 0 amide bonds. The Kier molecular flexibility index (Phi) is 3.93. The van der Waals surface area contributed by atoms with Crippen molar-refractivity contribution in [2.24, 2.45) is 0 Å². The Morgan fingerprint density at radius 3 is 2.84 bits per heavy atom. The number of hydrogen-bond acceptors (Lipinski definition) is 4. The summed E-state index contributed by atoms with van der Waals surface area (Å²) in [6.45, 7) is 1.14. The Labute approximate surface area is 143 Å². The summed E-state index contributed by atoms with van der Waals surface area (Å²) in [5.74, 6) is -0.242. The maximum absolute atomic E-state index is 13.4. The number of benzene rings is 2. The van der Waals surface area contributed by atoms with E-state index in [1.54, 1.807) is 35.1 Å². The highest BCUT2D eigenvalue weighted by atomic mass is 19.1. The molecule has 1 aromatic heterocycles. The van der Waals surface area contributed by atoms with Crippen LogP contribution in [0.25, 0.3) is 10.9 Å². The summed E-state index contributed by atoms with van der Waals surface area (Å²) in [5, 5.41) is 16.3. The van der Waals surface area contributed by atoms with Crippen molar-refractivity contribution in [2.45, 2.75) is 32.1 Å². The van der Waals surface area contributed by atoms with Crippen LogP contribution in [-0.2, 0) is 13.2 Å². The van der Waals surface area contributed by atoms with E-state index in [4.69, 9.17) is 0 Å². The fraction of sp³-hybridized carbons (Fsp3) is 0.278. The second-order valence-electron chi connectivity index (χ2n) is 6.39. The van der Waals surface area contributed by atoms with Crippen LogP contribution >= 0.6 is 0 Å². The Bertz CT molecular complexity index is 936. The lowest BCUT2D eigenvalue weighted by Gasteiger charge is -2.22. The molecule has 1 aliphatic rings. The predicted molar refractivity (Wildman–Crippen MR) is 91.4 cm³/mol. The van der Waals surface area contributed by atoms with Crippen LogP contribution in [0.3, 0.4) is 0 Å². The van der Waals surface area contributed by atoms with Crippen molar-refractivity contribution in [3.8, 4) is 0 Å². The first kappa shape index (κ1) is 15.7. The first-order chi connectivity index (χ1) is 12.1. The zero-order valence-electron chi connectivity index (χ0n) is 13.5. The molecule has 0 atom stereocenters. The Morgan fingerprint density at radius 2 is 2.12 bits per heavy atom. The van der Waals surface area contributed by atoms with Gasteiger partial charge in [0.05, 0.1) is 23.3 Å². The lowest BCUT2D eigenvalue weighted by atomic mass is 10.2. The van der Waals surface area contributed by atoms with E-state index in [1.807, 2.05) is 6.07 Å². The molecule has 6 nitrogen and oxygen atoms in total. The normalized spacial score (nSPS) is 14.3. The third-order valence-electron chi connectivity index (χ3n) is 4.49. The van der Waals surface area contributed by atoms with E-state index < -0.39 is 4.92 Å². The molecule has 0 bridgehead atoms. The minimum atomic E-state index is -0.401. The van der Waals surface area contributed by atoms with Gasteiger partial charge in [-0.05, 0) is 36.6 Å². The summed E-state index contributed by atoms with van der Waals surface area (Å²) in [6, 6.07) is 11.8. The van der Waals surface area contributed by atoms with Gasteiger partial charge in [-0.1, -0.05) is 12.1 Å². The van der Waals surface area contributed by atoms with Crippen LogP contribution in [0.5, 0.6) is 0 Å². The van der Waals surface area contributed by atoms with Crippen LogP contribution in [0, 0.1) is 15.9 Å². The Morgan fingerprint density at radius 1 is 1.28 bits per heavy atom. The molecule has 4 rings (SSSR count). The lowest BCUT2D eigenvalue weighted by molar-refractivity contribution is -0.384. The molecule has 0 N–H and O–H groups in total. The van der Waals surface area contributed by atoms with Gasteiger partial charge in [-0.3, -0.25) is 19.7 Å². The molecule has 2 aromatic carbocycles. The smallest absolute Gasteiger partial charge is 0.271 e. The highest BCUT2D eigenvalue weighted by Gasteiger charge is 2.29. The van der Waals surface area contributed by atoms with Gasteiger partial charge in [0.15, 0.2) is 0 Å². The van der Waals surface area contributed by atoms with Crippen LogP contribution in [0.1, 0.15) is 18.4 Å². The number of nitro benzene ring substituents is 1. The van der Waals surface area contributed by atoms with Crippen molar-refractivity contribution in [1.29, 1.82) is 0 Å². The van der Waals surface area contributed by atoms with E-state index in [0.717, 1.165) is 29.3 Å². The minimum absolute atomic E-state index is 0.0531. The predicted octanol–water partition coefficient (Wildman–Crippen LogP) is 3.71. The topological polar surface area (TPSA) is 64.2 Å². The molecular formula is C18H17FN4O2. The van der Waals surface area contributed by atoms with Crippen molar-refractivity contribution in [3.63, 3.8) is 0 Å². The van der Waals surface area contributed by atoms with Gasteiger partial charge in [0, 0.05) is 30.1 Å². The van der Waals surface area contributed by atoms with Crippen LogP contribution < -0.4 is 0 Å². The second kappa shape index (κ2) is 6.25. The summed E-state index contributed by atoms with van der Waals surface area (Å²) >= 11 is 0. The summed E-state index contributed by atoms with van der Waals surface area (Å²) in [4.78, 5) is 12.9. The number of nitrogens with zero attached hydrogens (tertiary/aromatic N) is 4. The van der Waals surface area contributed by atoms with E-state index in [1.165, 1.54) is 12.1 Å². The third kappa shape index (κ3) is 3.36. The van der Waals surface area contributed by atoms with Crippen LogP contribution in [0.15, 0.2) is 48.7 Å². The molecule has 1 saturated carbocycles. The van der Waals surface area contributed by atoms with Gasteiger partial charge in [-0.15, -0.1) is 0 Å². The second-order valence-corrected chi connectivity index (χ2v) is 6.39. The highest BCUT2D eigenvalue weighted by molar-refractivity contribution is 5.80. The molecule has 3 aromatic rings. The molecule has 0 saturated heterocycles. The van der Waals surface area contributed by atoms with E-state index in [0.29, 0.717) is 19.3 Å². The van der Waals surface area contributed by atoms with E-state index in [-0.39, 0.29) is 11.5 Å². The van der Waals surface area contributed by atoms with Gasteiger partial charge < -0.3 is 0 Å².